The highest BCUT2D eigenvalue weighted by atomic mass is 35.5. The highest BCUT2D eigenvalue weighted by Gasteiger charge is 2.29. The molecule has 2 aromatic carbocycles. The standard InChI is InChI=1S/C17H16ClFN2O4/c1-17(2,15(22)23)25-14-9-5-12(6-10-14)20-16(24)21(18)13-7-3-11(19)4-8-13/h3-10H,1-2H3,(H,20,24)(H,22,23). The minimum absolute atomic E-state index is 0.309. The van der Waals surface area contributed by atoms with Crippen molar-refractivity contribution in [1.82, 2.24) is 0 Å². The van der Waals surface area contributed by atoms with Crippen LogP contribution in [-0.4, -0.2) is 22.7 Å². The molecule has 0 heterocycles. The van der Waals surface area contributed by atoms with E-state index in [2.05, 4.69) is 5.32 Å². The fourth-order valence-electron chi connectivity index (χ4n) is 1.81. The summed E-state index contributed by atoms with van der Waals surface area (Å²) in [5.74, 6) is -1.19. The van der Waals surface area contributed by atoms with Crippen LogP contribution in [0.5, 0.6) is 5.75 Å². The smallest absolute Gasteiger partial charge is 0.347 e. The molecule has 2 rings (SSSR count). The van der Waals surface area contributed by atoms with Gasteiger partial charge in [0.25, 0.3) is 0 Å². The van der Waals surface area contributed by atoms with E-state index in [1.54, 1.807) is 12.1 Å². The Morgan fingerprint density at radius 1 is 1.12 bits per heavy atom. The monoisotopic (exact) mass is 366 g/mol. The number of hydrogen-bond acceptors (Lipinski definition) is 3. The number of halogens is 2. The summed E-state index contributed by atoms with van der Waals surface area (Å²) in [5.41, 5.74) is -0.637. The van der Waals surface area contributed by atoms with Gasteiger partial charge in [0.15, 0.2) is 5.60 Å². The van der Waals surface area contributed by atoms with Crippen LogP contribution in [-0.2, 0) is 4.79 Å². The molecule has 8 heteroatoms. The molecule has 0 aliphatic carbocycles. The van der Waals surface area contributed by atoms with E-state index in [9.17, 15) is 14.0 Å². The number of hydrogen-bond donors (Lipinski definition) is 2. The quantitative estimate of drug-likeness (QED) is 0.775. The number of carboxylic acid groups (broad SMARTS) is 1. The van der Waals surface area contributed by atoms with Crippen LogP contribution in [0.3, 0.4) is 0 Å². The molecule has 0 saturated carbocycles. The lowest BCUT2D eigenvalue weighted by Crippen LogP contribution is -2.37. The maximum absolute atomic E-state index is 12.9. The van der Waals surface area contributed by atoms with Gasteiger partial charge in [-0.05, 0) is 62.4 Å². The maximum Gasteiger partial charge on any atom is 0.347 e. The van der Waals surface area contributed by atoms with Crippen molar-refractivity contribution in [3.8, 4) is 5.75 Å². The van der Waals surface area contributed by atoms with Crippen LogP contribution in [0.25, 0.3) is 0 Å². The molecule has 2 N–H and O–H groups in total. The summed E-state index contributed by atoms with van der Waals surface area (Å²) in [5, 5.41) is 11.6. The van der Waals surface area contributed by atoms with E-state index >= 15 is 0 Å². The first-order valence-electron chi connectivity index (χ1n) is 7.24. The summed E-state index contributed by atoms with van der Waals surface area (Å²) in [6, 6.07) is 10.6. The van der Waals surface area contributed by atoms with Crippen molar-refractivity contribution in [2.24, 2.45) is 0 Å². The molecule has 0 aliphatic rings. The molecule has 0 unspecified atom stereocenters. The number of urea groups is 1. The molecule has 0 spiro atoms. The Hall–Kier alpha value is -2.80. The number of benzene rings is 2. The second-order valence-electron chi connectivity index (χ2n) is 5.63. The van der Waals surface area contributed by atoms with Crippen LogP contribution in [0, 0.1) is 5.82 Å². The van der Waals surface area contributed by atoms with Gasteiger partial charge in [0.05, 0.1) is 5.69 Å². The molecule has 2 aromatic rings. The lowest BCUT2D eigenvalue weighted by molar-refractivity contribution is -0.152. The second-order valence-corrected chi connectivity index (χ2v) is 5.97. The lowest BCUT2D eigenvalue weighted by atomic mass is 10.1. The van der Waals surface area contributed by atoms with Crippen LogP contribution in [0.2, 0.25) is 0 Å². The number of carbonyl (C=O) groups is 2. The number of aliphatic carboxylic acids is 1. The number of nitrogens with zero attached hydrogens (tertiary/aromatic N) is 1. The zero-order valence-corrected chi connectivity index (χ0v) is 14.2. The average Bonchev–Trinajstić information content (AvgIpc) is 2.56. The van der Waals surface area contributed by atoms with Crippen molar-refractivity contribution < 1.29 is 23.8 Å². The maximum atomic E-state index is 12.9. The highest BCUT2D eigenvalue weighted by Crippen LogP contribution is 2.23. The predicted octanol–water partition coefficient (Wildman–Crippen LogP) is 4.26. The number of ether oxygens (including phenoxy) is 1. The van der Waals surface area contributed by atoms with E-state index < -0.39 is 23.4 Å². The third kappa shape index (κ3) is 4.84. The van der Waals surface area contributed by atoms with Crippen molar-refractivity contribution in [2.75, 3.05) is 9.74 Å². The molecular weight excluding hydrogens is 351 g/mol. The minimum Gasteiger partial charge on any atom is -0.478 e. The topological polar surface area (TPSA) is 78.9 Å². The molecule has 0 bridgehead atoms. The summed E-state index contributed by atoms with van der Waals surface area (Å²) in [6.45, 7) is 2.86. The number of nitrogens with one attached hydrogen (secondary N) is 1. The Labute approximate surface area is 148 Å². The molecule has 6 nitrogen and oxygen atoms in total. The Morgan fingerprint density at radius 3 is 2.20 bits per heavy atom. The molecule has 0 fully saturated rings. The second kappa shape index (κ2) is 7.40. The molecule has 0 radical (unpaired) electrons. The predicted molar refractivity (Wildman–Crippen MR) is 92.5 cm³/mol. The van der Waals surface area contributed by atoms with Crippen LogP contribution in [0.1, 0.15) is 13.8 Å². The van der Waals surface area contributed by atoms with Gasteiger partial charge in [0, 0.05) is 17.5 Å². The van der Waals surface area contributed by atoms with Crippen molar-refractivity contribution in [3.05, 3.63) is 54.3 Å². The minimum atomic E-state index is -1.37. The fraction of sp³-hybridized carbons (Fsp3) is 0.176. The van der Waals surface area contributed by atoms with Crippen LogP contribution >= 0.6 is 11.8 Å². The molecular formula is C17H16ClFN2O4. The Morgan fingerprint density at radius 2 is 1.68 bits per heavy atom. The zero-order valence-electron chi connectivity index (χ0n) is 13.5. The number of rotatable bonds is 5. The summed E-state index contributed by atoms with van der Waals surface area (Å²) >= 11 is 5.92. The Bertz CT molecular complexity index is 763. The van der Waals surface area contributed by atoms with Crippen LogP contribution in [0.15, 0.2) is 48.5 Å². The van der Waals surface area contributed by atoms with Crippen molar-refractivity contribution in [1.29, 1.82) is 0 Å². The summed E-state index contributed by atoms with van der Waals surface area (Å²) in [7, 11) is 0. The first-order valence-corrected chi connectivity index (χ1v) is 7.58. The molecule has 0 saturated heterocycles. The third-order valence-electron chi connectivity index (χ3n) is 3.23. The largest absolute Gasteiger partial charge is 0.478 e. The van der Waals surface area contributed by atoms with E-state index in [0.29, 0.717) is 17.1 Å². The summed E-state index contributed by atoms with van der Waals surface area (Å²) < 4.78 is 19.1. The van der Waals surface area contributed by atoms with Crippen LogP contribution in [0.4, 0.5) is 20.6 Å². The first kappa shape index (κ1) is 18.5. The van der Waals surface area contributed by atoms with E-state index in [1.807, 2.05) is 0 Å². The molecule has 2 amide bonds. The third-order valence-corrected chi connectivity index (χ3v) is 3.57. The number of amides is 2. The average molecular weight is 367 g/mol. The molecule has 25 heavy (non-hydrogen) atoms. The van der Waals surface area contributed by atoms with E-state index in [0.717, 1.165) is 4.42 Å². The molecule has 0 atom stereocenters. The van der Waals surface area contributed by atoms with Gasteiger partial charge in [-0.25, -0.2) is 18.4 Å². The Kier molecular flexibility index (Phi) is 5.48. The number of carbonyl (C=O) groups excluding carboxylic acids is 1. The van der Waals surface area contributed by atoms with E-state index in [-0.39, 0.29) is 0 Å². The van der Waals surface area contributed by atoms with E-state index in [1.165, 1.54) is 50.2 Å². The highest BCUT2D eigenvalue weighted by molar-refractivity contribution is 6.38. The first-order chi connectivity index (χ1) is 11.7. The van der Waals surface area contributed by atoms with Gasteiger partial charge >= 0.3 is 12.0 Å². The number of carboxylic acids is 1. The van der Waals surface area contributed by atoms with Gasteiger partial charge in [-0.1, -0.05) is 0 Å². The van der Waals surface area contributed by atoms with Gasteiger partial charge in [-0.3, -0.25) is 0 Å². The fourth-order valence-corrected chi connectivity index (χ4v) is 1.96. The van der Waals surface area contributed by atoms with Gasteiger partial charge in [0.2, 0.25) is 0 Å². The van der Waals surface area contributed by atoms with Gasteiger partial charge in [-0.15, -0.1) is 0 Å². The van der Waals surface area contributed by atoms with Crippen molar-refractivity contribution in [2.45, 2.75) is 19.4 Å². The summed E-state index contributed by atoms with van der Waals surface area (Å²) in [6.07, 6.45) is 0. The SMILES string of the molecule is CC(C)(Oc1ccc(NC(=O)N(Cl)c2ccc(F)cc2)cc1)C(=O)O. The van der Waals surface area contributed by atoms with Gasteiger partial charge in [0.1, 0.15) is 11.6 Å². The zero-order chi connectivity index (χ0) is 18.6. The lowest BCUT2D eigenvalue weighted by Gasteiger charge is -2.21. The summed E-state index contributed by atoms with van der Waals surface area (Å²) in [4.78, 5) is 23.1. The van der Waals surface area contributed by atoms with Gasteiger partial charge < -0.3 is 15.2 Å². The van der Waals surface area contributed by atoms with Gasteiger partial charge in [-0.2, -0.15) is 0 Å². The molecule has 0 aliphatic heterocycles. The Balaban J connectivity index is 2.02. The molecule has 0 aromatic heterocycles. The molecule has 132 valence electrons. The van der Waals surface area contributed by atoms with Crippen LogP contribution < -0.4 is 14.5 Å². The normalized spacial score (nSPS) is 10.9. The van der Waals surface area contributed by atoms with Crippen molar-refractivity contribution in [3.63, 3.8) is 0 Å². The van der Waals surface area contributed by atoms with E-state index in [4.69, 9.17) is 21.6 Å². The number of anilines is 2. The van der Waals surface area contributed by atoms with Crippen molar-refractivity contribution >= 4 is 35.2 Å².